The summed E-state index contributed by atoms with van der Waals surface area (Å²) in [6, 6.07) is 0.760. The number of nitrogens with one attached hydrogen (secondary N) is 1. The Balaban J connectivity index is 1.83. The number of rotatable bonds is 2. The molecule has 3 nitrogen and oxygen atoms in total. The first kappa shape index (κ1) is 10.7. The van der Waals surface area contributed by atoms with Gasteiger partial charge in [0.1, 0.15) is 0 Å². The summed E-state index contributed by atoms with van der Waals surface area (Å²) < 4.78 is 0. The topological polar surface area (TPSA) is 18.5 Å². The molecule has 3 heteroatoms. The molecule has 1 saturated heterocycles. The summed E-state index contributed by atoms with van der Waals surface area (Å²) in [5, 5.41) is 3.32. The summed E-state index contributed by atoms with van der Waals surface area (Å²) >= 11 is 0. The monoisotopic (exact) mass is 206 g/mol. The summed E-state index contributed by atoms with van der Waals surface area (Å²) in [6.45, 7) is 2.36. The third kappa shape index (κ3) is 2.61. The van der Waals surface area contributed by atoms with E-state index in [9.17, 15) is 0 Å². The molecule has 2 aliphatic rings. The number of dihydropyridines is 1. The van der Waals surface area contributed by atoms with Crippen LogP contribution in [0, 0.1) is 6.08 Å². The van der Waals surface area contributed by atoms with Crippen LogP contribution >= 0.6 is 0 Å². The van der Waals surface area contributed by atoms with Crippen LogP contribution in [-0.2, 0) is 0 Å². The molecule has 0 bridgehead atoms. The average Bonchev–Trinajstić information content (AvgIpc) is 2.30. The highest BCUT2D eigenvalue weighted by Gasteiger charge is 2.24. The van der Waals surface area contributed by atoms with Crippen LogP contribution in [0.25, 0.3) is 0 Å². The molecule has 1 atom stereocenters. The fraction of sp³-hybridized carbons (Fsp3) is 0.667. The second-order valence-electron chi connectivity index (χ2n) is 4.51. The standard InChI is InChI=1S/C12H20N3/c1-14(2)11-6-9-15(10-7-11)12-5-3-4-8-13-12/h3,5,8,11-13H,6-7,9-10H2,1-2H3. The van der Waals surface area contributed by atoms with Crippen molar-refractivity contribution in [1.82, 2.24) is 15.1 Å². The summed E-state index contributed by atoms with van der Waals surface area (Å²) in [7, 11) is 4.35. The zero-order chi connectivity index (χ0) is 10.7. The normalized spacial score (nSPS) is 28.3. The van der Waals surface area contributed by atoms with Crippen molar-refractivity contribution < 1.29 is 0 Å². The minimum Gasteiger partial charge on any atom is -0.372 e. The van der Waals surface area contributed by atoms with E-state index in [0.29, 0.717) is 6.17 Å². The Morgan fingerprint density at radius 1 is 1.33 bits per heavy atom. The molecule has 1 radical (unpaired) electrons. The van der Waals surface area contributed by atoms with E-state index in [2.05, 4.69) is 41.4 Å². The van der Waals surface area contributed by atoms with Crippen LogP contribution in [0.4, 0.5) is 0 Å². The Hall–Kier alpha value is -0.800. The fourth-order valence-corrected chi connectivity index (χ4v) is 2.29. The zero-order valence-electron chi connectivity index (χ0n) is 9.61. The maximum Gasteiger partial charge on any atom is 0.0985 e. The first-order valence-corrected chi connectivity index (χ1v) is 5.68. The van der Waals surface area contributed by atoms with Crippen LogP contribution in [0.2, 0.25) is 0 Å². The Labute approximate surface area is 92.4 Å². The van der Waals surface area contributed by atoms with Crippen molar-refractivity contribution in [2.75, 3.05) is 27.2 Å². The van der Waals surface area contributed by atoms with Gasteiger partial charge in [-0.1, -0.05) is 6.08 Å². The summed E-state index contributed by atoms with van der Waals surface area (Å²) in [5.74, 6) is 0. The Bertz CT molecular complexity index is 250. The predicted molar refractivity (Wildman–Crippen MR) is 62.2 cm³/mol. The maximum atomic E-state index is 3.32. The smallest absolute Gasteiger partial charge is 0.0985 e. The molecule has 2 aliphatic heterocycles. The molecule has 2 heterocycles. The van der Waals surface area contributed by atoms with E-state index < -0.39 is 0 Å². The van der Waals surface area contributed by atoms with Crippen molar-refractivity contribution in [2.45, 2.75) is 25.0 Å². The highest BCUT2D eigenvalue weighted by atomic mass is 15.3. The minimum atomic E-state index is 0.384. The second kappa shape index (κ2) is 4.81. The van der Waals surface area contributed by atoms with E-state index in [-0.39, 0.29) is 0 Å². The van der Waals surface area contributed by atoms with Gasteiger partial charge in [0.15, 0.2) is 0 Å². The van der Waals surface area contributed by atoms with Gasteiger partial charge in [0.2, 0.25) is 0 Å². The molecule has 0 spiro atoms. The molecule has 15 heavy (non-hydrogen) atoms. The van der Waals surface area contributed by atoms with Crippen LogP contribution in [0.5, 0.6) is 0 Å². The molecule has 0 saturated carbocycles. The second-order valence-corrected chi connectivity index (χ2v) is 4.51. The molecule has 1 N–H and O–H groups in total. The molecule has 0 aromatic carbocycles. The lowest BCUT2D eigenvalue weighted by Gasteiger charge is -2.38. The van der Waals surface area contributed by atoms with E-state index in [1.807, 2.05) is 12.3 Å². The van der Waals surface area contributed by atoms with Crippen molar-refractivity contribution in [3.8, 4) is 0 Å². The summed E-state index contributed by atoms with van der Waals surface area (Å²) in [5.41, 5.74) is 0. The van der Waals surface area contributed by atoms with Gasteiger partial charge in [-0.25, -0.2) is 0 Å². The number of likely N-dealkylation sites (tertiary alicyclic amines) is 1. The van der Waals surface area contributed by atoms with Crippen molar-refractivity contribution in [3.05, 3.63) is 24.4 Å². The Morgan fingerprint density at radius 2 is 2.07 bits per heavy atom. The number of piperidine rings is 1. The Kier molecular flexibility index (Phi) is 3.44. The van der Waals surface area contributed by atoms with Gasteiger partial charge >= 0.3 is 0 Å². The van der Waals surface area contributed by atoms with E-state index in [0.717, 1.165) is 6.04 Å². The SMILES string of the molecule is CN(C)C1CCN(C2C=C[C]=CN2)CC1. The number of allylic oxidation sites excluding steroid dienone is 2. The fourth-order valence-electron chi connectivity index (χ4n) is 2.29. The third-order valence-electron chi connectivity index (χ3n) is 3.33. The first-order valence-electron chi connectivity index (χ1n) is 5.68. The van der Waals surface area contributed by atoms with Gasteiger partial charge in [0, 0.05) is 25.3 Å². The van der Waals surface area contributed by atoms with Gasteiger partial charge in [0.25, 0.3) is 0 Å². The van der Waals surface area contributed by atoms with Crippen LogP contribution in [0.15, 0.2) is 18.4 Å². The van der Waals surface area contributed by atoms with Crippen LogP contribution in [0.1, 0.15) is 12.8 Å². The van der Waals surface area contributed by atoms with Crippen LogP contribution in [0.3, 0.4) is 0 Å². The molecule has 83 valence electrons. The summed E-state index contributed by atoms with van der Waals surface area (Å²) in [4.78, 5) is 4.84. The average molecular weight is 206 g/mol. The zero-order valence-corrected chi connectivity index (χ0v) is 9.61. The molecular formula is C12H20N3. The van der Waals surface area contributed by atoms with Gasteiger partial charge < -0.3 is 10.2 Å². The van der Waals surface area contributed by atoms with Crippen LogP contribution < -0.4 is 5.32 Å². The quantitative estimate of drug-likeness (QED) is 0.721. The molecule has 0 aromatic heterocycles. The Morgan fingerprint density at radius 3 is 2.60 bits per heavy atom. The minimum absolute atomic E-state index is 0.384. The molecular weight excluding hydrogens is 186 g/mol. The van der Waals surface area contributed by atoms with E-state index in [1.54, 1.807) is 0 Å². The lowest BCUT2D eigenvalue weighted by atomic mass is 10.0. The molecule has 0 amide bonds. The number of hydrogen-bond acceptors (Lipinski definition) is 3. The third-order valence-corrected chi connectivity index (χ3v) is 3.33. The van der Waals surface area contributed by atoms with Crippen molar-refractivity contribution in [3.63, 3.8) is 0 Å². The van der Waals surface area contributed by atoms with Gasteiger partial charge in [-0.2, -0.15) is 0 Å². The molecule has 1 unspecified atom stereocenters. The molecule has 0 aromatic rings. The van der Waals surface area contributed by atoms with E-state index in [1.165, 1.54) is 25.9 Å². The lowest BCUT2D eigenvalue weighted by Crippen LogP contribution is -2.50. The highest BCUT2D eigenvalue weighted by Crippen LogP contribution is 2.16. The first-order chi connectivity index (χ1) is 7.27. The van der Waals surface area contributed by atoms with Crippen molar-refractivity contribution in [2.24, 2.45) is 0 Å². The lowest BCUT2D eigenvalue weighted by molar-refractivity contribution is 0.117. The van der Waals surface area contributed by atoms with E-state index >= 15 is 0 Å². The molecule has 2 rings (SSSR count). The molecule has 0 aliphatic carbocycles. The predicted octanol–water partition coefficient (Wildman–Crippen LogP) is 0.815. The van der Waals surface area contributed by atoms with E-state index in [4.69, 9.17) is 0 Å². The number of hydrogen-bond donors (Lipinski definition) is 1. The highest BCUT2D eigenvalue weighted by molar-refractivity contribution is 5.07. The maximum absolute atomic E-state index is 3.32. The van der Waals surface area contributed by atoms with Gasteiger partial charge in [-0.3, -0.25) is 4.90 Å². The molecule has 1 fully saturated rings. The van der Waals surface area contributed by atoms with Gasteiger partial charge in [0.05, 0.1) is 6.17 Å². The van der Waals surface area contributed by atoms with Gasteiger partial charge in [-0.15, -0.1) is 0 Å². The van der Waals surface area contributed by atoms with Crippen molar-refractivity contribution in [1.29, 1.82) is 0 Å². The summed E-state index contributed by atoms with van der Waals surface area (Å²) in [6.07, 6.45) is 12.0. The largest absolute Gasteiger partial charge is 0.372 e. The van der Waals surface area contributed by atoms with Crippen LogP contribution in [-0.4, -0.2) is 49.2 Å². The number of nitrogens with zero attached hydrogens (tertiary/aromatic N) is 2. The van der Waals surface area contributed by atoms with Crippen molar-refractivity contribution >= 4 is 0 Å². The van der Waals surface area contributed by atoms with Gasteiger partial charge in [-0.05, 0) is 39.1 Å².